The van der Waals surface area contributed by atoms with Crippen LogP contribution in [0.15, 0.2) is 0 Å². The standard InChI is InChI=1S/C11H16O6/c1-5-6(2)16-10(7(3)12)9(14)11(15)17-8(4)13/h6,10H,5H2,1-4H3. The zero-order valence-corrected chi connectivity index (χ0v) is 10.3. The van der Waals surface area contributed by atoms with E-state index in [0.29, 0.717) is 6.42 Å². The lowest BCUT2D eigenvalue weighted by Gasteiger charge is -2.17. The molecule has 0 bridgehead atoms. The summed E-state index contributed by atoms with van der Waals surface area (Å²) in [5.41, 5.74) is 0. The molecular weight excluding hydrogens is 228 g/mol. The molecule has 0 aromatic heterocycles. The van der Waals surface area contributed by atoms with Crippen molar-refractivity contribution in [1.82, 2.24) is 0 Å². The van der Waals surface area contributed by atoms with Crippen molar-refractivity contribution in [2.24, 2.45) is 0 Å². The number of rotatable bonds is 6. The third-order valence-corrected chi connectivity index (χ3v) is 1.99. The summed E-state index contributed by atoms with van der Waals surface area (Å²) in [4.78, 5) is 44.3. The van der Waals surface area contributed by atoms with Crippen molar-refractivity contribution in [2.75, 3.05) is 0 Å². The van der Waals surface area contributed by atoms with E-state index in [1.165, 1.54) is 0 Å². The van der Waals surface area contributed by atoms with Crippen molar-refractivity contribution in [2.45, 2.75) is 46.3 Å². The Morgan fingerprint density at radius 2 is 1.65 bits per heavy atom. The summed E-state index contributed by atoms with van der Waals surface area (Å²) in [6.45, 7) is 5.59. The van der Waals surface area contributed by atoms with Crippen LogP contribution in [0.5, 0.6) is 0 Å². The minimum absolute atomic E-state index is 0.349. The Kier molecular flexibility index (Phi) is 6.27. The van der Waals surface area contributed by atoms with Crippen LogP contribution in [0.4, 0.5) is 0 Å². The Morgan fingerprint density at radius 3 is 2.00 bits per heavy atom. The zero-order valence-electron chi connectivity index (χ0n) is 10.3. The highest BCUT2D eigenvalue weighted by Gasteiger charge is 2.33. The van der Waals surface area contributed by atoms with Crippen LogP contribution < -0.4 is 0 Å². The van der Waals surface area contributed by atoms with Gasteiger partial charge >= 0.3 is 11.9 Å². The van der Waals surface area contributed by atoms with E-state index in [2.05, 4.69) is 4.74 Å². The van der Waals surface area contributed by atoms with E-state index < -0.39 is 29.6 Å². The van der Waals surface area contributed by atoms with E-state index in [1.54, 1.807) is 13.8 Å². The normalized spacial score (nSPS) is 13.6. The Morgan fingerprint density at radius 1 is 1.12 bits per heavy atom. The third kappa shape index (κ3) is 5.35. The van der Waals surface area contributed by atoms with E-state index in [9.17, 15) is 19.2 Å². The van der Waals surface area contributed by atoms with Gasteiger partial charge in [-0.2, -0.15) is 0 Å². The average molecular weight is 244 g/mol. The summed E-state index contributed by atoms with van der Waals surface area (Å²) in [7, 11) is 0. The van der Waals surface area contributed by atoms with Crippen molar-refractivity contribution in [3.8, 4) is 0 Å². The lowest BCUT2D eigenvalue weighted by molar-refractivity contribution is -0.168. The maximum atomic E-state index is 11.5. The lowest BCUT2D eigenvalue weighted by Crippen LogP contribution is -2.40. The molecule has 0 radical (unpaired) electrons. The van der Waals surface area contributed by atoms with Gasteiger partial charge in [0, 0.05) is 6.92 Å². The van der Waals surface area contributed by atoms with Crippen LogP contribution in [0.2, 0.25) is 0 Å². The van der Waals surface area contributed by atoms with E-state index in [4.69, 9.17) is 4.74 Å². The van der Waals surface area contributed by atoms with Crippen molar-refractivity contribution in [3.63, 3.8) is 0 Å². The fourth-order valence-corrected chi connectivity index (χ4v) is 0.959. The van der Waals surface area contributed by atoms with Gasteiger partial charge in [-0.3, -0.25) is 14.4 Å². The molecule has 0 saturated heterocycles. The van der Waals surface area contributed by atoms with Crippen molar-refractivity contribution >= 4 is 23.5 Å². The topological polar surface area (TPSA) is 86.7 Å². The number of ether oxygens (including phenoxy) is 2. The van der Waals surface area contributed by atoms with Gasteiger partial charge in [0.15, 0.2) is 11.9 Å². The van der Waals surface area contributed by atoms with E-state index >= 15 is 0 Å². The molecule has 0 aliphatic carbocycles. The van der Waals surface area contributed by atoms with Gasteiger partial charge in [0.25, 0.3) is 5.78 Å². The molecular formula is C11H16O6. The van der Waals surface area contributed by atoms with E-state index in [-0.39, 0.29) is 6.10 Å². The molecule has 96 valence electrons. The first-order valence-corrected chi connectivity index (χ1v) is 5.22. The molecule has 6 nitrogen and oxygen atoms in total. The Labute approximate surface area is 99.3 Å². The van der Waals surface area contributed by atoms with Crippen LogP contribution in [-0.2, 0) is 28.7 Å². The molecule has 0 fully saturated rings. The number of hydrogen-bond acceptors (Lipinski definition) is 6. The minimum Gasteiger partial charge on any atom is -0.387 e. The first-order chi connectivity index (χ1) is 7.79. The predicted molar refractivity (Wildman–Crippen MR) is 57.1 cm³/mol. The summed E-state index contributed by atoms with van der Waals surface area (Å²) in [5, 5.41) is 0. The first-order valence-electron chi connectivity index (χ1n) is 5.22. The number of Topliss-reactive ketones (excluding diaryl/α,β-unsaturated/α-hetero) is 2. The zero-order chi connectivity index (χ0) is 13.6. The SMILES string of the molecule is CCC(C)OC(C(C)=O)C(=O)C(=O)OC(C)=O. The van der Waals surface area contributed by atoms with Gasteiger partial charge in [-0.25, -0.2) is 4.79 Å². The van der Waals surface area contributed by atoms with Gasteiger partial charge < -0.3 is 9.47 Å². The highest BCUT2D eigenvalue weighted by atomic mass is 16.6. The van der Waals surface area contributed by atoms with Crippen molar-refractivity contribution in [1.29, 1.82) is 0 Å². The third-order valence-electron chi connectivity index (χ3n) is 1.99. The highest BCUT2D eigenvalue weighted by molar-refractivity contribution is 6.40. The number of ketones is 2. The van der Waals surface area contributed by atoms with E-state index in [0.717, 1.165) is 13.8 Å². The monoisotopic (exact) mass is 244 g/mol. The Hall–Kier alpha value is -1.56. The Bertz CT molecular complexity index is 333. The average Bonchev–Trinajstić information content (AvgIpc) is 2.23. The summed E-state index contributed by atoms with van der Waals surface area (Å²) < 4.78 is 9.21. The molecule has 6 heteroatoms. The predicted octanol–water partition coefficient (Wildman–Crippen LogP) is 0.418. The summed E-state index contributed by atoms with van der Waals surface area (Å²) >= 11 is 0. The van der Waals surface area contributed by atoms with E-state index in [1.807, 2.05) is 0 Å². The molecule has 0 amide bonds. The molecule has 0 spiro atoms. The fourth-order valence-electron chi connectivity index (χ4n) is 0.959. The molecule has 2 unspecified atom stereocenters. The molecule has 17 heavy (non-hydrogen) atoms. The van der Waals surface area contributed by atoms with Crippen LogP contribution in [0.1, 0.15) is 34.1 Å². The highest BCUT2D eigenvalue weighted by Crippen LogP contribution is 2.06. The fraction of sp³-hybridized carbons (Fsp3) is 0.636. The quantitative estimate of drug-likeness (QED) is 0.382. The molecule has 0 aromatic carbocycles. The number of esters is 2. The van der Waals surface area contributed by atoms with Crippen LogP contribution >= 0.6 is 0 Å². The van der Waals surface area contributed by atoms with Gasteiger partial charge in [-0.1, -0.05) is 6.92 Å². The first kappa shape index (κ1) is 15.4. The largest absolute Gasteiger partial charge is 0.387 e. The molecule has 0 aliphatic heterocycles. The molecule has 0 aromatic rings. The van der Waals surface area contributed by atoms with Crippen molar-refractivity contribution in [3.05, 3.63) is 0 Å². The maximum absolute atomic E-state index is 11.5. The van der Waals surface area contributed by atoms with Gasteiger partial charge in [-0.05, 0) is 20.3 Å². The number of carbonyl (C=O) groups is 4. The molecule has 0 heterocycles. The number of carbonyl (C=O) groups excluding carboxylic acids is 4. The summed E-state index contributed by atoms with van der Waals surface area (Å²) in [6.07, 6.45) is -1.27. The Balaban J connectivity index is 4.71. The minimum atomic E-state index is -1.50. The molecule has 0 aliphatic rings. The molecule has 2 atom stereocenters. The molecule has 0 N–H and O–H groups in total. The lowest BCUT2D eigenvalue weighted by atomic mass is 10.1. The van der Waals surface area contributed by atoms with Crippen LogP contribution in [0.3, 0.4) is 0 Å². The second-order valence-corrected chi connectivity index (χ2v) is 3.59. The summed E-state index contributed by atoms with van der Waals surface area (Å²) in [5.74, 6) is -4.04. The second-order valence-electron chi connectivity index (χ2n) is 3.59. The van der Waals surface area contributed by atoms with Gasteiger partial charge in [-0.15, -0.1) is 0 Å². The van der Waals surface area contributed by atoms with Crippen molar-refractivity contribution < 1.29 is 28.7 Å². The molecule has 0 rings (SSSR count). The second kappa shape index (κ2) is 6.90. The molecule has 0 saturated carbocycles. The van der Waals surface area contributed by atoms with Gasteiger partial charge in [0.2, 0.25) is 0 Å². The maximum Gasteiger partial charge on any atom is 0.385 e. The number of hydrogen-bond donors (Lipinski definition) is 0. The van der Waals surface area contributed by atoms with Gasteiger partial charge in [0.05, 0.1) is 6.10 Å². The van der Waals surface area contributed by atoms with Crippen LogP contribution in [-0.4, -0.2) is 35.7 Å². The van der Waals surface area contributed by atoms with Crippen LogP contribution in [0, 0.1) is 0 Å². The van der Waals surface area contributed by atoms with Crippen LogP contribution in [0.25, 0.3) is 0 Å². The smallest absolute Gasteiger partial charge is 0.385 e. The van der Waals surface area contributed by atoms with Gasteiger partial charge in [0.1, 0.15) is 0 Å². The summed E-state index contributed by atoms with van der Waals surface area (Å²) in [6, 6.07) is 0.